The first kappa shape index (κ1) is 15.1. The van der Waals surface area contributed by atoms with Gasteiger partial charge in [0.25, 0.3) is 0 Å². The number of alkyl carbamates (subject to hydrolysis) is 1. The molecule has 114 valence electrons. The van der Waals surface area contributed by atoms with Crippen LogP contribution in [0.15, 0.2) is 0 Å². The van der Waals surface area contributed by atoms with Gasteiger partial charge in [0.15, 0.2) is 0 Å². The normalized spacial score (nSPS) is 30.1. The Morgan fingerprint density at radius 1 is 1.35 bits per heavy atom. The van der Waals surface area contributed by atoms with Crippen LogP contribution < -0.4 is 11.1 Å². The highest BCUT2D eigenvalue weighted by atomic mass is 16.5. The molecule has 20 heavy (non-hydrogen) atoms. The number of nitrogens with two attached hydrogens (primary N) is 1. The number of nitrogens with one attached hydrogen (secondary N) is 1. The molecule has 0 spiro atoms. The average Bonchev–Trinajstić information content (AvgIpc) is 2.87. The van der Waals surface area contributed by atoms with Gasteiger partial charge in [-0.15, -0.1) is 0 Å². The molecule has 1 saturated carbocycles. The van der Waals surface area contributed by atoms with Crippen molar-refractivity contribution in [2.24, 2.45) is 11.7 Å². The van der Waals surface area contributed by atoms with Crippen LogP contribution in [0.2, 0.25) is 0 Å². The van der Waals surface area contributed by atoms with Crippen molar-refractivity contribution in [3.05, 3.63) is 0 Å². The van der Waals surface area contributed by atoms with Gasteiger partial charge in [0.05, 0.1) is 13.2 Å². The fourth-order valence-corrected chi connectivity index (χ4v) is 3.22. The lowest BCUT2D eigenvalue weighted by molar-refractivity contribution is -0.131. The maximum Gasteiger partial charge on any atom is 0.407 e. The molecular formula is C14H25N3O3. The predicted molar refractivity (Wildman–Crippen MR) is 75.1 cm³/mol. The van der Waals surface area contributed by atoms with Gasteiger partial charge >= 0.3 is 6.09 Å². The number of rotatable bonds is 3. The standard InChI is InChI=1S/C14H25N3O3/c1-20-14(19)16-12-5-6-17(9-12)13(18)8-10-3-2-4-11(15)7-10/h10-12H,2-9,15H2,1H3,(H,16,19). The second-order valence-corrected chi connectivity index (χ2v) is 5.96. The number of ether oxygens (including phenoxy) is 1. The van der Waals surface area contributed by atoms with Crippen LogP contribution in [0.5, 0.6) is 0 Å². The molecule has 0 aromatic heterocycles. The average molecular weight is 283 g/mol. The number of methoxy groups -OCH3 is 1. The minimum atomic E-state index is -0.428. The lowest BCUT2D eigenvalue weighted by Crippen LogP contribution is -2.39. The molecule has 3 N–H and O–H groups in total. The Bertz CT molecular complexity index is 362. The van der Waals surface area contributed by atoms with Crippen molar-refractivity contribution >= 4 is 12.0 Å². The molecule has 1 aliphatic heterocycles. The fraction of sp³-hybridized carbons (Fsp3) is 0.857. The topological polar surface area (TPSA) is 84.7 Å². The van der Waals surface area contributed by atoms with E-state index in [9.17, 15) is 9.59 Å². The summed E-state index contributed by atoms with van der Waals surface area (Å²) in [5.41, 5.74) is 5.96. The molecule has 1 aliphatic carbocycles. The Balaban J connectivity index is 1.75. The Morgan fingerprint density at radius 3 is 2.85 bits per heavy atom. The van der Waals surface area contributed by atoms with Crippen LogP contribution in [0, 0.1) is 5.92 Å². The fourth-order valence-electron chi connectivity index (χ4n) is 3.22. The molecule has 3 atom stereocenters. The summed E-state index contributed by atoms with van der Waals surface area (Å²) in [6.07, 6.45) is 5.25. The molecule has 3 unspecified atom stereocenters. The molecule has 2 rings (SSSR count). The van der Waals surface area contributed by atoms with Gasteiger partial charge in [-0.2, -0.15) is 0 Å². The molecule has 0 radical (unpaired) electrons. The van der Waals surface area contributed by atoms with Crippen LogP contribution >= 0.6 is 0 Å². The quantitative estimate of drug-likeness (QED) is 0.804. The minimum absolute atomic E-state index is 0.0139. The molecule has 6 nitrogen and oxygen atoms in total. The van der Waals surface area contributed by atoms with Crippen molar-refractivity contribution in [1.82, 2.24) is 10.2 Å². The molecular weight excluding hydrogens is 258 g/mol. The van der Waals surface area contributed by atoms with Crippen molar-refractivity contribution < 1.29 is 14.3 Å². The van der Waals surface area contributed by atoms with Gasteiger partial charge in [-0.25, -0.2) is 4.79 Å². The van der Waals surface area contributed by atoms with Crippen molar-refractivity contribution in [2.75, 3.05) is 20.2 Å². The maximum absolute atomic E-state index is 12.3. The van der Waals surface area contributed by atoms with Gasteiger partial charge in [0, 0.05) is 25.6 Å². The van der Waals surface area contributed by atoms with Crippen molar-refractivity contribution in [2.45, 2.75) is 50.6 Å². The molecule has 0 aromatic carbocycles. The molecule has 2 amide bonds. The van der Waals surface area contributed by atoms with E-state index in [1.165, 1.54) is 7.11 Å². The van der Waals surface area contributed by atoms with E-state index >= 15 is 0 Å². The van der Waals surface area contributed by atoms with E-state index in [2.05, 4.69) is 10.1 Å². The summed E-state index contributed by atoms with van der Waals surface area (Å²) in [6.45, 7) is 1.30. The zero-order valence-electron chi connectivity index (χ0n) is 12.1. The molecule has 2 aliphatic rings. The molecule has 0 bridgehead atoms. The minimum Gasteiger partial charge on any atom is -0.453 e. The number of likely N-dealkylation sites (tertiary alicyclic amines) is 1. The number of amides is 2. The zero-order valence-corrected chi connectivity index (χ0v) is 12.1. The number of carbonyl (C=O) groups is 2. The van der Waals surface area contributed by atoms with Crippen LogP contribution in [0.4, 0.5) is 4.79 Å². The Kier molecular flexibility index (Phi) is 5.23. The monoisotopic (exact) mass is 283 g/mol. The van der Waals surface area contributed by atoms with Crippen LogP contribution in [0.1, 0.15) is 38.5 Å². The summed E-state index contributed by atoms with van der Waals surface area (Å²) in [6, 6.07) is 0.272. The van der Waals surface area contributed by atoms with Gasteiger partial charge in [-0.05, 0) is 31.6 Å². The third kappa shape index (κ3) is 4.10. The Hall–Kier alpha value is -1.30. The van der Waals surface area contributed by atoms with Gasteiger partial charge in [-0.1, -0.05) is 6.42 Å². The highest BCUT2D eigenvalue weighted by molar-refractivity contribution is 5.77. The van der Waals surface area contributed by atoms with E-state index < -0.39 is 6.09 Å². The van der Waals surface area contributed by atoms with E-state index in [1.807, 2.05) is 4.90 Å². The van der Waals surface area contributed by atoms with Crippen molar-refractivity contribution in [3.8, 4) is 0 Å². The Morgan fingerprint density at radius 2 is 2.15 bits per heavy atom. The lowest BCUT2D eigenvalue weighted by atomic mass is 9.84. The summed E-state index contributed by atoms with van der Waals surface area (Å²) in [5.74, 6) is 0.622. The zero-order chi connectivity index (χ0) is 14.5. The number of carbonyl (C=O) groups excluding carboxylic acids is 2. The van der Waals surface area contributed by atoms with Crippen LogP contribution in [0.3, 0.4) is 0 Å². The highest BCUT2D eigenvalue weighted by Crippen LogP contribution is 2.27. The van der Waals surface area contributed by atoms with E-state index in [0.29, 0.717) is 25.4 Å². The molecule has 1 saturated heterocycles. The number of hydrogen-bond acceptors (Lipinski definition) is 4. The predicted octanol–water partition coefficient (Wildman–Crippen LogP) is 0.851. The van der Waals surface area contributed by atoms with Crippen molar-refractivity contribution in [3.63, 3.8) is 0 Å². The van der Waals surface area contributed by atoms with E-state index in [4.69, 9.17) is 5.73 Å². The summed E-state index contributed by atoms with van der Waals surface area (Å²) in [7, 11) is 1.35. The molecule has 1 heterocycles. The van der Waals surface area contributed by atoms with Crippen LogP contribution in [0.25, 0.3) is 0 Å². The summed E-state index contributed by atoms with van der Waals surface area (Å²) in [5, 5.41) is 2.75. The third-order valence-electron chi connectivity index (χ3n) is 4.33. The van der Waals surface area contributed by atoms with Gasteiger partial charge in [-0.3, -0.25) is 4.79 Å². The number of hydrogen-bond donors (Lipinski definition) is 2. The Labute approximate surface area is 120 Å². The lowest BCUT2D eigenvalue weighted by Gasteiger charge is -2.27. The summed E-state index contributed by atoms with van der Waals surface area (Å²) < 4.78 is 4.57. The van der Waals surface area contributed by atoms with E-state index in [1.54, 1.807) is 0 Å². The first-order valence-corrected chi connectivity index (χ1v) is 7.46. The first-order valence-electron chi connectivity index (χ1n) is 7.46. The smallest absolute Gasteiger partial charge is 0.407 e. The second kappa shape index (κ2) is 6.92. The third-order valence-corrected chi connectivity index (χ3v) is 4.33. The van der Waals surface area contributed by atoms with Crippen molar-refractivity contribution in [1.29, 1.82) is 0 Å². The highest BCUT2D eigenvalue weighted by Gasteiger charge is 2.29. The van der Waals surface area contributed by atoms with Crippen LogP contribution in [-0.2, 0) is 9.53 Å². The van der Waals surface area contributed by atoms with E-state index in [0.717, 1.165) is 32.1 Å². The largest absolute Gasteiger partial charge is 0.453 e. The SMILES string of the molecule is COC(=O)NC1CCN(C(=O)CC2CCCC(N)C2)C1. The van der Waals surface area contributed by atoms with Gasteiger partial charge in [0.1, 0.15) is 0 Å². The second-order valence-electron chi connectivity index (χ2n) is 5.96. The van der Waals surface area contributed by atoms with Gasteiger partial charge < -0.3 is 20.7 Å². The van der Waals surface area contributed by atoms with Crippen LogP contribution in [-0.4, -0.2) is 49.2 Å². The first-order chi connectivity index (χ1) is 9.58. The molecule has 0 aromatic rings. The van der Waals surface area contributed by atoms with E-state index in [-0.39, 0.29) is 18.0 Å². The summed E-state index contributed by atoms with van der Waals surface area (Å²) in [4.78, 5) is 25.3. The molecule has 6 heteroatoms. The maximum atomic E-state index is 12.3. The summed E-state index contributed by atoms with van der Waals surface area (Å²) >= 11 is 0. The molecule has 2 fully saturated rings. The number of nitrogens with zero attached hydrogens (tertiary/aromatic N) is 1. The van der Waals surface area contributed by atoms with Gasteiger partial charge in [0.2, 0.25) is 5.91 Å².